The van der Waals surface area contributed by atoms with Gasteiger partial charge in [0.15, 0.2) is 0 Å². The first-order chi connectivity index (χ1) is 6.93. The molecule has 8 nitrogen and oxygen atoms in total. The number of carbonyl (C=O) groups excluding carboxylic acids is 4. The minimum absolute atomic E-state index is 0. The van der Waals surface area contributed by atoms with Gasteiger partial charge in [0.25, 0.3) is 0 Å². The van der Waals surface area contributed by atoms with E-state index in [0.717, 1.165) is 0 Å². The summed E-state index contributed by atoms with van der Waals surface area (Å²) in [5.74, 6) is -2.33. The minimum Gasteiger partial charge on any atom is -0.668 e. The van der Waals surface area contributed by atoms with Crippen LogP contribution >= 0.6 is 0 Å². The quantitative estimate of drug-likeness (QED) is 0.621. The Balaban J connectivity index is -0.0000000369. The van der Waals surface area contributed by atoms with Crippen LogP contribution in [0.5, 0.6) is 0 Å². The third-order valence-electron chi connectivity index (χ3n) is 0. The van der Waals surface area contributed by atoms with Gasteiger partial charge in [0.05, 0.1) is 0 Å². The molecule has 0 aromatic heterocycles. The molecule has 17 heavy (non-hydrogen) atoms. The second-order valence-corrected chi connectivity index (χ2v) is 2.22. The van der Waals surface area contributed by atoms with Crippen LogP contribution in [0.25, 0.3) is 22.9 Å². The maximum absolute atomic E-state index is 9.11. The van der Waals surface area contributed by atoms with Crippen LogP contribution in [0.15, 0.2) is 0 Å². The number of nitrogens with one attached hydrogen (secondary N) is 4. The van der Waals surface area contributed by atoms with Crippen molar-refractivity contribution in [3.63, 3.8) is 0 Å². The van der Waals surface area contributed by atoms with Gasteiger partial charge in [-0.15, -0.1) is 0 Å². The third kappa shape index (κ3) is 1170. The third-order valence-corrected chi connectivity index (χ3v) is 0. The van der Waals surface area contributed by atoms with Gasteiger partial charge in [-0.3, -0.25) is 0 Å². The Labute approximate surface area is 115 Å². The van der Waals surface area contributed by atoms with E-state index in [1.807, 2.05) is 0 Å². The van der Waals surface area contributed by atoms with Crippen molar-refractivity contribution < 1.29 is 40.9 Å². The summed E-state index contributed by atoms with van der Waals surface area (Å²) in [6.45, 7) is 4.78. The molecule has 0 aromatic rings. The second-order valence-electron chi connectivity index (χ2n) is 2.22. The van der Waals surface area contributed by atoms with Crippen LogP contribution in [-0.2, 0) is 40.9 Å². The van der Waals surface area contributed by atoms with E-state index in [2.05, 4.69) is 0 Å². The van der Waals surface area contributed by atoms with E-state index >= 15 is 0 Å². The summed E-state index contributed by atoms with van der Waals surface area (Å²) < 4.78 is 0. The van der Waals surface area contributed by atoms with E-state index in [1.165, 1.54) is 27.7 Å². The van der Waals surface area contributed by atoms with E-state index in [0.29, 0.717) is 0 Å². The molecule has 0 spiro atoms. The summed E-state index contributed by atoms with van der Waals surface area (Å²) in [6.07, 6.45) is 0. The van der Waals surface area contributed by atoms with Crippen molar-refractivity contribution in [3.05, 3.63) is 22.9 Å². The Kier molecular flexibility index (Phi) is 41.8. The molecule has 0 radical (unpaired) electrons. The van der Waals surface area contributed by atoms with Crippen molar-refractivity contribution in [2.24, 2.45) is 0 Å². The number of rotatable bonds is 0. The van der Waals surface area contributed by atoms with E-state index < -0.39 is 23.6 Å². The normalized spacial score (nSPS) is 5.88. The molecule has 0 rings (SSSR count). The largest absolute Gasteiger partial charge is 4.00 e. The second kappa shape index (κ2) is 24.0. The Morgan fingerprint density at radius 2 is 0.529 bits per heavy atom. The van der Waals surface area contributed by atoms with Crippen LogP contribution in [0.2, 0.25) is 0 Å². The SMILES string of the molecule is CC([NH-])=O.CC([NH-])=O.CC([NH-])=O.CC([NH-])=O.[Ti+4]. The van der Waals surface area contributed by atoms with Gasteiger partial charge in [-0.2, -0.15) is 0 Å². The van der Waals surface area contributed by atoms with Crippen molar-refractivity contribution in [2.45, 2.75) is 27.7 Å². The van der Waals surface area contributed by atoms with Gasteiger partial charge >= 0.3 is 21.7 Å². The number of hydrogen-bond acceptors (Lipinski definition) is 4. The molecule has 9 heteroatoms. The number of hydrogen-bond donors (Lipinski definition) is 0. The zero-order chi connectivity index (χ0) is 14.3. The van der Waals surface area contributed by atoms with Crippen LogP contribution in [0.1, 0.15) is 27.7 Å². The van der Waals surface area contributed by atoms with Crippen LogP contribution in [0, 0.1) is 0 Å². The number of carbonyl (C=O) groups is 4. The van der Waals surface area contributed by atoms with Gasteiger partial charge in [0, 0.05) is 23.6 Å². The van der Waals surface area contributed by atoms with Gasteiger partial charge in [-0.25, -0.2) is 0 Å². The molecule has 0 fully saturated rings. The first-order valence-corrected chi connectivity index (χ1v) is 3.82. The summed E-state index contributed by atoms with van der Waals surface area (Å²) in [5, 5.41) is 0. The molecular formula is C8H16N4O4Ti. The van der Waals surface area contributed by atoms with Crippen LogP contribution in [0.4, 0.5) is 0 Å². The fourth-order valence-corrected chi connectivity index (χ4v) is 0. The van der Waals surface area contributed by atoms with Crippen molar-refractivity contribution in [1.82, 2.24) is 0 Å². The van der Waals surface area contributed by atoms with E-state index in [1.54, 1.807) is 0 Å². The molecule has 0 aliphatic heterocycles. The predicted octanol–water partition coefficient (Wildman–Crippen LogP) is 2.34. The molecule has 0 bridgehead atoms. The molecule has 0 aromatic carbocycles. The van der Waals surface area contributed by atoms with Crippen molar-refractivity contribution in [2.75, 3.05) is 0 Å². The molecular weight excluding hydrogens is 264 g/mol. The van der Waals surface area contributed by atoms with E-state index in [-0.39, 0.29) is 21.7 Å². The molecule has 0 aliphatic rings. The maximum atomic E-state index is 9.11. The first kappa shape index (κ1) is 29.6. The molecule has 0 atom stereocenters. The molecule has 0 aliphatic carbocycles. The van der Waals surface area contributed by atoms with Crippen molar-refractivity contribution in [3.8, 4) is 0 Å². The fraction of sp³-hybridized carbons (Fsp3) is 0.500. The summed E-state index contributed by atoms with van der Waals surface area (Å²) >= 11 is 0. The average Bonchev–Trinajstić information content (AvgIpc) is 1.76. The topological polar surface area (TPSA) is 163 Å². The predicted molar refractivity (Wildman–Crippen MR) is 60.0 cm³/mol. The molecule has 4 N–H and O–H groups in total. The van der Waals surface area contributed by atoms with E-state index in [4.69, 9.17) is 42.1 Å². The van der Waals surface area contributed by atoms with Crippen molar-refractivity contribution in [1.29, 1.82) is 0 Å². The molecule has 0 saturated carbocycles. The van der Waals surface area contributed by atoms with Crippen molar-refractivity contribution >= 4 is 23.6 Å². The Bertz CT molecular complexity index is 170. The summed E-state index contributed by atoms with van der Waals surface area (Å²) in [7, 11) is 0. The van der Waals surface area contributed by atoms with Gasteiger partial charge in [0.2, 0.25) is 0 Å². The van der Waals surface area contributed by atoms with Crippen LogP contribution < -0.4 is 0 Å². The van der Waals surface area contributed by atoms with Crippen LogP contribution in [-0.4, -0.2) is 23.6 Å². The summed E-state index contributed by atoms with van der Waals surface area (Å²) in [6, 6.07) is 0. The molecule has 0 saturated heterocycles. The maximum Gasteiger partial charge on any atom is 4.00 e. The Morgan fingerprint density at radius 1 is 0.529 bits per heavy atom. The fourth-order valence-electron chi connectivity index (χ4n) is 0. The zero-order valence-electron chi connectivity index (χ0n) is 10.1. The van der Waals surface area contributed by atoms with Crippen LogP contribution in [0.3, 0.4) is 0 Å². The van der Waals surface area contributed by atoms with Gasteiger partial charge in [-0.05, 0) is 27.7 Å². The Hall–Kier alpha value is -1.41. The van der Waals surface area contributed by atoms with Gasteiger partial charge in [-0.1, -0.05) is 0 Å². The molecule has 4 amide bonds. The molecule has 0 unspecified atom stereocenters. The summed E-state index contributed by atoms with van der Waals surface area (Å²) in [4.78, 5) is 36.4. The van der Waals surface area contributed by atoms with E-state index in [9.17, 15) is 0 Å². The molecule has 0 heterocycles. The van der Waals surface area contributed by atoms with Gasteiger partial charge < -0.3 is 42.1 Å². The average molecular weight is 280 g/mol. The monoisotopic (exact) mass is 280 g/mol. The standard InChI is InChI=1S/4C2H5NO.Ti/c4*1-2(3)4;/h4*1H3,(H2,3,4);/q;;;;+4/p-4. The molecule has 96 valence electrons. The number of amides is 4. The smallest absolute Gasteiger partial charge is 0.668 e. The van der Waals surface area contributed by atoms with Gasteiger partial charge in [0.1, 0.15) is 0 Å². The summed E-state index contributed by atoms with van der Waals surface area (Å²) in [5.41, 5.74) is 23.8. The zero-order valence-corrected chi connectivity index (χ0v) is 11.7. The minimum atomic E-state index is -0.583. The first-order valence-electron chi connectivity index (χ1n) is 3.82. The Morgan fingerprint density at radius 3 is 0.529 bits per heavy atom.